The van der Waals surface area contributed by atoms with Crippen molar-refractivity contribution >= 4 is 11.6 Å². The number of aromatic nitrogens is 3. The lowest BCUT2D eigenvalue weighted by atomic mass is 10.1. The Morgan fingerprint density at radius 2 is 1.67 bits per heavy atom. The summed E-state index contributed by atoms with van der Waals surface area (Å²) in [6.45, 7) is 3.72. The van der Waals surface area contributed by atoms with Gasteiger partial charge in [-0.25, -0.2) is 4.68 Å². The minimum Gasteiger partial charge on any atom is -0.320 e. The lowest BCUT2D eigenvalue weighted by Gasteiger charge is -2.14. The summed E-state index contributed by atoms with van der Waals surface area (Å²) in [5.41, 5.74) is -0.0173. The molecule has 27 heavy (non-hydrogen) atoms. The highest BCUT2D eigenvalue weighted by molar-refractivity contribution is 6.04. The molecule has 1 aromatic heterocycles. The first-order valence-electron chi connectivity index (χ1n) is 8.27. The van der Waals surface area contributed by atoms with Crippen LogP contribution in [0.15, 0.2) is 54.6 Å². The van der Waals surface area contributed by atoms with Crippen molar-refractivity contribution < 1.29 is 18.0 Å². The Kier molecular flexibility index (Phi) is 4.98. The largest absolute Gasteiger partial charge is 0.418 e. The highest BCUT2D eigenvalue weighted by Gasteiger charge is 2.34. The zero-order valence-electron chi connectivity index (χ0n) is 14.7. The molecule has 0 saturated heterocycles. The third-order valence-corrected chi connectivity index (χ3v) is 3.95. The molecule has 0 unspecified atom stereocenters. The molecule has 0 spiro atoms. The number of halogens is 3. The SMILES string of the molecule is CC(C)c1c(C(=O)Nc2ccccc2C(F)(F)F)nnn1-c1ccccc1. The number of para-hydroxylation sites is 2. The average molecular weight is 374 g/mol. The Balaban J connectivity index is 1.99. The van der Waals surface area contributed by atoms with Crippen LogP contribution in [-0.2, 0) is 6.18 Å². The third kappa shape index (κ3) is 3.84. The van der Waals surface area contributed by atoms with Gasteiger partial charge in [0.05, 0.1) is 22.6 Å². The van der Waals surface area contributed by atoms with Gasteiger partial charge >= 0.3 is 6.18 Å². The van der Waals surface area contributed by atoms with Gasteiger partial charge in [-0.1, -0.05) is 49.4 Å². The molecule has 3 rings (SSSR count). The second-order valence-electron chi connectivity index (χ2n) is 6.22. The van der Waals surface area contributed by atoms with Gasteiger partial charge in [0, 0.05) is 0 Å². The normalized spacial score (nSPS) is 11.6. The van der Waals surface area contributed by atoms with Crippen molar-refractivity contribution in [1.29, 1.82) is 0 Å². The molecule has 0 fully saturated rings. The fourth-order valence-electron chi connectivity index (χ4n) is 2.75. The minimum atomic E-state index is -4.58. The van der Waals surface area contributed by atoms with Crippen LogP contribution in [0.3, 0.4) is 0 Å². The minimum absolute atomic E-state index is 0.00849. The topological polar surface area (TPSA) is 59.8 Å². The van der Waals surface area contributed by atoms with Gasteiger partial charge in [0.15, 0.2) is 5.69 Å². The van der Waals surface area contributed by atoms with Crippen molar-refractivity contribution in [3.63, 3.8) is 0 Å². The van der Waals surface area contributed by atoms with Crippen molar-refractivity contribution in [3.05, 3.63) is 71.5 Å². The quantitative estimate of drug-likeness (QED) is 0.722. The van der Waals surface area contributed by atoms with E-state index in [0.717, 1.165) is 6.07 Å². The van der Waals surface area contributed by atoms with E-state index in [0.29, 0.717) is 11.4 Å². The molecule has 1 heterocycles. The van der Waals surface area contributed by atoms with Gasteiger partial charge in [-0.3, -0.25) is 4.79 Å². The molecule has 0 aliphatic heterocycles. The van der Waals surface area contributed by atoms with Crippen LogP contribution in [0.1, 0.15) is 41.5 Å². The Labute approximate surface area is 153 Å². The molecule has 0 radical (unpaired) electrons. The maximum absolute atomic E-state index is 13.2. The molecular weight excluding hydrogens is 357 g/mol. The van der Waals surface area contributed by atoms with E-state index in [4.69, 9.17) is 0 Å². The van der Waals surface area contributed by atoms with Gasteiger partial charge in [0.25, 0.3) is 5.91 Å². The van der Waals surface area contributed by atoms with Gasteiger partial charge in [0.2, 0.25) is 0 Å². The standard InChI is InChI=1S/C19H17F3N4O/c1-12(2)17-16(24-25-26(17)13-8-4-3-5-9-13)18(27)23-15-11-7-6-10-14(15)19(20,21)22/h3-12H,1-2H3,(H,23,27). The highest BCUT2D eigenvalue weighted by atomic mass is 19.4. The average Bonchev–Trinajstić information content (AvgIpc) is 3.07. The van der Waals surface area contributed by atoms with E-state index >= 15 is 0 Å². The first-order chi connectivity index (χ1) is 12.8. The summed E-state index contributed by atoms with van der Waals surface area (Å²) in [5, 5.41) is 10.3. The molecular formula is C19H17F3N4O. The maximum atomic E-state index is 13.2. The van der Waals surface area contributed by atoms with Crippen molar-refractivity contribution in [2.75, 3.05) is 5.32 Å². The van der Waals surface area contributed by atoms with Crippen LogP contribution in [0.2, 0.25) is 0 Å². The van der Waals surface area contributed by atoms with Crippen LogP contribution in [0.4, 0.5) is 18.9 Å². The molecule has 0 aliphatic carbocycles. The number of rotatable bonds is 4. The number of carbonyl (C=O) groups excluding carboxylic acids is 1. The summed E-state index contributed by atoms with van der Waals surface area (Å²) in [4.78, 5) is 12.7. The van der Waals surface area contributed by atoms with E-state index in [1.807, 2.05) is 32.0 Å². The summed E-state index contributed by atoms with van der Waals surface area (Å²) in [5.74, 6) is -0.864. The van der Waals surface area contributed by atoms with Gasteiger partial charge in [-0.2, -0.15) is 13.2 Å². The van der Waals surface area contributed by atoms with Gasteiger partial charge in [-0.15, -0.1) is 5.10 Å². The van der Waals surface area contributed by atoms with Gasteiger partial charge in [-0.05, 0) is 30.2 Å². The van der Waals surface area contributed by atoms with Crippen LogP contribution < -0.4 is 5.32 Å². The number of hydrogen-bond donors (Lipinski definition) is 1. The Morgan fingerprint density at radius 1 is 1.04 bits per heavy atom. The predicted octanol–water partition coefficient (Wildman–Crippen LogP) is 4.66. The van der Waals surface area contributed by atoms with Crippen LogP contribution in [-0.4, -0.2) is 20.9 Å². The van der Waals surface area contributed by atoms with Crippen LogP contribution >= 0.6 is 0 Å². The number of alkyl halides is 3. The number of nitrogens with zero attached hydrogens (tertiary/aromatic N) is 3. The number of hydrogen-bond acceptors (Lipinski definition) is 3. The summed E-state index contributed by atoms with van der Waals surface area (Å²) < 4.78 is 41.0. The van der Waals surface area contributed by atoms with Crippen LogP contribution in [0, 0.1) is 0 Å². The number of nitrogens with one attached hydrogen (secondary N) is 1. The van der Waals surface area contributed by atoms with E-state index in [1.54, 1.807) is 12.1 Å². The van der Waals surface area contributed by atoms with Crippen molar-refractivity contribution in [2.24, 2.45) is 0 Å². The molecule has 140 valence electrons. The van der Waals surface area contributed by atoms with E-state index in [9.17, 15) is 18.0 Å². The molecule has 3 aromatic rings. The monoisotopic (exact) mass is 374 g/mol. The van der Waals surface area contributed by atoms with E-state index in [-0.39, 0.29) is 17.3 Å². The molecule has 1 amide bonds. The molecule has 8 heteroatoms. The van der Waals surface area contributed by atoms with Crippen molar-refractivity contribution in [2.45, 2.75) is 25.9 Å². The van der Waals surface area contributed by atoms with E-state index in [1.165, 1.54) is 22.9 Å². The molecule has 0 saturated carbocycles. The fourth-order valence-corrected chi connectivity index (χ4v) is 2.75. The summed E-state index contributed by atoms with van der Waals surface area (Å²) in [6, 6.07) is 13.9. The molecule has 5 nitrogen and oxygen atoms in total. The highest BCUT2D eigenvalue weighted by Crippen LogP contribution is 2.35. The second kappa shape index (κ2) is 7.22. The molecule has 2 aromatic carbocycles. The van der Waals surface area contributed by atoms with Crippen molar-refractivity contribution in [1.82, 2.24) is 15.0 Å². The molecule has 1 N–H and O–H groups in total. The Morgan fingerprint density at radius 3 is 2.30 bits per heavy atom. The third-order valence-electron chi connectivity index (χ3n) is 3.95. The van der Waals surface area contributed by atoms with Crippen LogP contribution in [0.25, 0.3) is 5.69 Å². The maximum Gasteiger partial charge on any atom is 0.418 e. The number of carbonyl (C=O) groups is 1. The second-order valence-corrected chi connectivity index (χ2v) is 6.22. The Bertz CT molecular complexity index is 949. The van der Waals surface area contributed by atoms with Gasteiger partial charge < -0.3 is 5.32 Å². The lowest BCUT2D eigenvalue weighted by Crippen LogP contribution is -2.19. The summed E-state index contributed by atoms with van der Waals surface area (Å²) in [7, 11) is 0. The fraction of sp³-hybridized carbons (Fsp3) is 0.211. The first kappa shape index (κ1) is 18.6. The summed E-state index contributed by atoms with van der Waals surface area (Å²) >= 11 is 0. The molecule has 0 aliphatic rings. The first-order valence-corrected chi connectivity index (χ1v) is 8.27. The molecule has 0 atom stereocenters. The van der Waals surface area contributed by atoms with E-state index in [2.05, 4.69) is 15.6 Å². The summed E-state index contributed by atoms with van der Waals surface area (Å²) in [6.07, 6.45) is -4.58. The molecule has 0 bridgehead atoms. The lowest BCUT2D eigenvalue weighted by molar-refractivity contribution is -0.136. The number of benzene rings is 2. The van der Waals surface area contributed by atoms with Gasteiger partial charge in [0.1, 0.15) is 0 Å². The smallest absolute Gasteiger partial charge is 0.320 e. The van der Waals surface area contributed by atoms with E-state index < -0.39 is 17.6 Å². The van der Waals surface area contributed by atoms with Crippen molar-refractivity contribution in [3.8, 4) is 5.69 Å². The zero-order valence-corrected chi connectivity index (χ0v) is 14.7. The number of amides is 1. The van der Waals surface area contributed by atoms with Crippen LogP contribution in [0.5, 0.6) is 0 Å². The zero-order chi connectivity index (χ0) is 19.6. The predicted molar refractivity (Wildman–Crippen MR) is 94.8 cm³/mol. The number of anilines is 1. The Hall–Kier alpha value is -3.16.